The second kappa shape index (κ2) is 7.44. The molecule has 2 aliphatic rings. The van der Waals surface area contributed by atoms with Gasteiger partial charge in [0, 0.05) is 6.04 Å². The largest absolute Gasteiger partial charge is 0.468 e. The molecule has 0 radical (unpaired) electrons. The number of hydrogen-bond acceptors (Lipinski definition) is 3. The van der Waals surface area contributed by atoms with Gasteiger partial charge in [-0.25, -0.2) is 0 Å². The van der Waals surface area contributed by atoms with Crippen LogP contribution in [0.15, 0.2) is 0 Å². The fraction of sp³-hybridized carbons (Fsp3) is 0.941. The van der Waals surface area contributed by atoms with Gasteiger partial charge in [-0.15, -0.1) is 0 Å². The number of esters is 1. The van der Waals surface area contributed by atoms with Crippen LogP contribution < -0.4 is 5.32 Å². The van der Waals surface area contributed by atoms with E-state index in [1.54, 1.807) is 0 Å². The smallest absolute Gasteiger partial charge is 0.326 e. The highest BCUT2D eigenvalue weighted by Gasteiger charge is 2.42. The standard InChI is InChI=1S/C17H31NO2/c1-3-14-8-7-12-17(13-11-14,16(19)20-2)18-15-9-5-4-6-10-15/h14-15,18H,3-13H2,1-2H3. The summed E-state index contributed by atoms with van der Waals surface area (Å²) in [5, 5.41) is 3.73. The lowest BCUT2D eigenvalue weighted by Gasteiger charge is -2.36. The maximum atomic E-state index is 12.4. The second-order valence-corrected chi connectivity index (χ2v) is 6.76. The van der Waals surface area contributed by atoms with E-state index in [4.69, 9.17) is 4.74 Å². The summed E-state index contributed by atoms with van der Waals surface area (Å²) in [5.74, 6) is 0.759. The SMILES string of the molecule is CCC1CCCC(NC2CCCCC2)(C(=O)OC)CC1. The third kappa shape index (κ3) is 3.75. The van der Waals surface area contributed by atoms with Gasteiger partial charge in [-0.2, -0.15) is 0 Å². The quantitative estimate of drug-likeness (QED) is 0.629. The van der Waals surface area contributed by atoms with Crippen molar-refractivity contribution in [3.63, 3.8) is 0 Å². The Hall–Kier alpha value is -0.570. The number of methoxy groups -OCH3 is 1. The molecule has 2 fully saturated rings. The molecule has 0 aromatic rings. The van der Waals surface area contributed by atoms with Crippen LogP contribution in [0.2, 0.25) is 0 Å². The number of ether oxygens (including phenoxy) is 1. The van der Waals surface area contributed by atoms with Crippen molar-refractivity contribution in [2.45, 2.75) is 89.1 Å². The molecule has 3 heteroatoms. The molecule has 0 saturated heterocycles. The molecule has 0 heterocycles. The molecule has 2 unspecified atom stereocenters. The van der Waals surface area contributed by atoms with Crippen molar-refractivity contribution in [2.75, 3.05) is 7.11 Å². The van der Waals surface area contributed by atoms with Crippen LogP contribution in [-0.4, -0.2) is 24.7 Å². The Morgan fingerprint density at radius 3 is 2.50 bits per heavy atom. The van der Waals surface area contributed by atoms with Gasteiger partial charge in [0.2, 0.25) is 0 Å². The first-order chi connectivity index (χ1) is 9.70. The Bertz CT molecular complexity index is 312. The zero-order valence-corrected chi connectivity index (χ0v) is 13.2. The summed E-state index contributed by atoms with van der Waals surface area (Å²) in [4.78, 5) is 12.4. The number of carbonyl (C=O) groups is 1. The van der Waals surface area contributed by atoms with Crippen LogP contribution in [0.4, 0.5) is 0 Å². The molecular weight excluding hydrogens is 250 g/mol. The topological polar surface area (TPSA) is 38.3 Å². The van der Waals surface area contributed by atoms with Gasteiger partial charge < -0.3 is 4.74 Å². The first kappa shape index (κ1) is 15.8. The van der Waals surface area contributed by atoms with Crippen LogP contribution in [0.1, 0.15) is 77.6 Å². The predicted octanol–water partition coefficient (Wildman–Crippen LogP) is 3.81. The Morgan fingerprint density at radius 1 is 1.10 bits per heavy atom. The summed E-state index contributed by atoms with van der Waals surface area (Å²) in [6, 6.07) is 0.515. The molecule has 2 saturated carbocycles. The maximum absolute atomic E-state index is 12.4. The van der Waals surface area contributed by atoms with E-state index in [2.05, 4.69) is 12.2 Å². The van der Waals surface area contributed by atoms with Gasteiger partial charge in [0.25, 0.3) is 0 Å². The van der Waals surface area contributed by atoms with E-state index >= 15 is 0 Å². The lowest BCUT2D eigenvalue weighted by atomic mass is 9.85. The molecule has 0 amide bonds. The fourth-order valence-electron chi connectivity index (χ4n) is 4.06. The van der Waals surface area contributed by atoms with E-state index in [1.807, 2.05) is 0 Å². The molecule has 20 heavy (non-hydrogen) atoms. The summed E-state index contributed by atoms with van der Waals surface area (Å²) in [6.45, 7) is 2.27. The van der Waals surface area contributed by atoms with Gasteiger partial charge in [0.05, 0.1) is 7.11 Å². The van der Waals surface area contributed by atoms with Gasteiger partial charge in [-0.1, -0.05) is 45.4 Å². The molecule has 2 atom stereocenters. The predicted molar refractivity (Wildman–Crippen MR) is 81.6 cm³/mol. The van der Waals surface area contributed by atoms with Gasteiger partial charge in [0.15, 0.2) is 0 Å². The third-order valence-corrected chi connectivity index (χ3v) is 5.43. The third-order valence-electron chi connectivity index (χ3n) is 5.43. The van der Waals surface area contributed by atoms with E-state index in [9.17, 15) is 4.79 Å². The Morgan fingerprint density at radius 2 is 1.85 bits per heavy atom. The normalized spacial score (nSPS) is 32.6. The first-order valence-corrected chi connectivity index (χ1v) is 8.56. The van der Waals surface area contributed by atoms with Crippen molar-refractivity contribution >= 4 is 5.97 Å². The zero-order valence-electron chi connectivity index (χ0n) is 13.2. The molecule has 2 rings (SSSR count). The van der Waals surface area contributed by atoms with E-state index in [1.165, 1.54) is 52.1 Å². The van der Waals surface area contributed by atoms with Crippen molar-refractivity contribution in [2.24, 2.45) is 5.92 Å². The van der Waals surface area contributed by atoms with Crippen molar-refractivity contribution < 1.29 is 9.53 Å². The molecule has 116 valence electrons. The number of hydrogen-bond donors (Lipinski definition) is 1. The summed E-state index contributed by atoms with van der Waals surface area (Å²) in [6.07, 6.45) is 13.1. The van der Waals surface area contributed by atoms with Gasteiger partial charge in [-0.05, 0) is 38.0 Å². The van der Waals surface area contributed by atoms with Crippen LogP contribution >= 0.6 is 0 Å². The van der Waals surface area contributed by atoms with Crippen molar-refractivity contribution in [1.29, 1.82) is 0 Å². The van der Waals surface area contributed by atoms with Crippen molar-refractivity contribution in [3.05, 3.63) is 0 Å². The lowest BCUT2D eigenvalue weighted by Crippen LogP contribution is -2.56. The maximum Gasteiger partial charge on any atom is 0.326 e. The molecule has 1 N–H and O–H groups in total. The van der Waals surface area contributed by atoms with Gasteiger partial charge >= 0.3 is 5.97 Å². The van der Waals surface area contributed by atoms with Crippen LogP contribution in [0.5, 0.6) is 0 Å². The van der Waals surface area contributed by atoms with Gasteiger partial charge in [-0.3, -0.25) is 10.1 Å². The van der Waals surface area contributed by atoms with E-state index < -0.39 is 5.54 Å². The summed E-state index contributed by atoms with van der Waals surface area (Å²) in [7, 11) is 1.54. The Kier molecular flexibility index (Phi) is 5.88. The minimum absolute atomic E-state index is 0.0279. The summed E-state index contributed by atoms with van der Waals surface area (Å²) in [5.41, 5.74) is -0.402. The average molecular weight is 281 g/mol. The van der Waals surface area contributed by atoms with E-state index in [-0.39, 0.29) is 5.97 Å². The molecule has 0 spiro atoms. The number of carbonyl (C=O) groups excluding carboxylic acids is 1. The first-order valence-electron chi connectivity index (χ1n) is 8.56. The highest BCUT2D eigenvalue weighted by atomic mass is 16.5. The summed E-state index contributed by atoms with van der Waals surface area (Å²) < 4.78 is 5.16. The highest BCUT2D eigenvalue weighted by molar-refractivity contribution is 5.80. The van der Waals surface area contributed by atoms with Gasteiger partial charge in [0.1, 0.15) is 5.54 Å². The van der Waals surface area contributed by atoms with Crippen LogP contribution in [-0.2, 0) is 9.53 Å². The van der Waals surface area contributed by atoms with Crippen LogP contribution in [0, 0.1) is 5.92 Å². The second-order valence-electron chi connectivity index (χ2n) is 6.76. The fourth-order valence-corrected chi connectivity index (χ4v) is 4.06. The molecule has 0 bridgehead atoms. The highest BCUT2D eigenvalue weighted by Crippen LogP contribution is 2.34. The molecule has 0 aliphatic heterocycles. The molecule has 2 aliphatic carbocycles. The van der Waals surface area contributed by atoms with Crippen LogP contribution in [0.25, 0.3) is 0 Å². The molecule has 0 aromatic heterocycles. The Labute approximate surface area is 123 Å². The number of rotatable bonds is 4. The van der Waals surface area contributed by atoms with E-state index in [0.29, 0.717) is 6.04 Å². The zero-order chi connectivity index (χ0) is 14.4. The van der Waals surface area contributed by atoms with Crippen LogP contribution in [0.3, 0.4) is 0 Å². The minimum Gasteiger partial charge on any atom is -0.468 e. The monoisotopic (exact) mass is 281 g/mol. The molecule has 0 aromatic carbocycles. The summed E-state index contributed by atoms with van der Waals surface area (Å²) >= 11 is 0. The lowest BCUT2D eigenvalue weighted by molar-refractivity contribution is -0.150. The average Bonchev–Trinajstić information content (AvgIpc) is 2.70. The van der Waals surface area contributed by atoms with Crippen molar-refractivity contribution in [3.8, 4) is 0 Å². The van der Waals surface area contributed by atoms with E-state index in [0.717, 1.165) is 31.6 Å². The number of nitrogens with one attached hydrogen (secondary N) is 1. The Balaban J connectivity index is 2.06. The molecule has 3 nitrogen and oxygen atoms in total. The van der Waals surface area contributed by atoms with Crippen molar-refractivity contribution in [1.82, 2.24) is 5.32 Å². The minimum atomic E-state index is -0.402. The molecular formula is C17H31NO2.